The molecule has 1 aliphatic rings. The number of urea groups is 1. The van der Waals surface area contributed by atoms with Gasteiger partial charge in [-0.15, -0.1) is 0 Å². The zero-order valence-electron chi connectivity index (χ0n) is 14.6. The van der Waals surface area contributed by atoms with E-state index >= 15 is 0 Å². The fraction of sp³-hybridized carbons (Fsp3) is 0.632. The van der Waals surface area contributed by atoms with Gasteiger partial charge < -0.3 is 15.3 Å². The summed E-state index contributed by atoms with van der Waals surface area (Å²) in [5.74, 6) is 0.423. The van der Waals surface area contributed by atoms with Crippen LogP contribution in [0.2, 0.25) is 0 Å². The highest BCUT2D eigenvalue weighted by molar-refractivity contribution is 5.74. The highest BCUT2D eigenvalue weighted by atomic mass is 16.3. The summed E-state index contributed by atoms with van der Waals surface area (Å²) >= 11 is 0. The smallest absolute Gasteiger partial charge is 0.317 e. The minimum absolute atomic E-state index is 0.0159. The molecule has 2 rings (SSSR count). The normalized spacial score (nSPS) is 21.0. The Morgan fingerprint density at radius 3 is 2.57 bits per heavy atom. The van der Waals surface area contributed by atoms with Crippen molar-refractivity contribution in [2.75, 3.05) is 20.2 Å². The van der Waals surface area contributed by atoms with E-state index in [1.807, 2.05) is 11.9 Å². The van der Waals surface area contributed by atoms with Crippen LogP contribution in [-0.4, -0.2) is 42.3 Å². The molecular weight excluding hydrogens is 288 g/mol. The molecule has 128 valence electrons. The van der Waals surface area contributed by atoms with Crippen molar-refractivity contribution in [2.45, 2.75) is 52.0 Å². The maximum Gasteiger partial charge on any atom is 0.317 e. The number of nitrogens with one attached hydrogen (secondary N) is 1. The number of rotatable bonds is 5. The summed E-state index contributed by atoms with van der Waals surface area (Å²) in [5.41, 5.74) is 3.85. The molecule has 0 bridgehead atoms. The van der Waals surface area contributed by atoms with E-state index in [9.17, 15) is 9.90 Å². The van der Waals surface area contributed by atoms with E-state index < -0.39 is 0 Å². The number of aliphatic hydroxyl groups excluding tert-OH is 1. The van der Waals surface area contributed by atoms with Crippen LogP contribution in [0.1, 0.15) is 42.4 Å². The number of hydrogen-bond acceptors (Lipinski definition) is 2. The van der Waals surface area contributed by atoms with Crippen molar-refractivity contribution >= 4 is 6.03 Å². The van der Waals surface area contributed by atoms with Gasteiger partial charge in [0.25, 0.3) is 0 Å². The summed E-state index contributed by atoms with van der Waals surface area (Å²) < 4.78 is 0. The average Bonchev–Trinajstić information content (AvgIpc) is 2.56. The molecule has 2 amide bonds. The molecule has 2 N–H and O–H groups in total. The summed E-state index contributed by atoms with van der Waals surface area (Å²) in [6, 6.07) is 6.77. The van der Waals surface area contributed by atoms with Gasteiger partial charge in [-0.1, -0.05) is 23.8 Å². The van der Waals surface area contributed by atoms with Gasteiger partial charge in [-0.2, -0.15) is 0 Å². The van der Waals surface area contributed by atoms with E-state index in [4.69, 9.17) is 0 Å². The molecule has 4 nitrogen and oxygen atoms in total. The van der Waals surface area contributed by atoms with E-state index in [-0.39, 0.29) is 12.6 Å². The van der Waals surface area contributed by atoms with E-state index in [2.05, 4.69) is 37.4 Å². The van der Waals surface area contributed by atoms with Crippen LogP contribution in [0, 0.1) is 19.8 Å². The maximum absolute atomic E-state index is 12.3. The predicted octanol–water partition coefficient (Wildman–Crippen LogP) is 3.04. The number of amides is 2. The van der Waals surface area contributed by atoms with Crippen LogP contribution in [0.25, 0.3) is 0 Å². The molecule has 1 saturated carbocycles. The van der Waals surface area contributed by atoms with Crippen LogP contribution in [0.15, 0.2) is 18.2 Å². The quantitative estimate of drug-likeness (QED) is 0.877. The van der Waals surface area contributed by atoms with Gasteiger partial charge in [0.2, 0.25) is 0 Å². The van der Waals surface area contributed by atoms with Gasteiger partial charge in [-0.25, -0.2) is 4.79 Å². The minimum Gasteiger partial charge on any atom is -0.396 e. The molecule has 0 saturated heterocycles. The molecule has 0 heterocycles. The third-order valence-electron chi connectivity index (χ3n) is 5.11. The second-order valence-electron chi connectivity index (χ2n) is 6.88. The van der Waals surface area contributed by atoms with Crippen molar-refractivity contribution in [1.29, 1.82) is 0 Å². The van der Waals surface area contributed by atoms with Gasteiger partial charge >= 0.3 is 6.03 Å². The van der Waals surface area contributed by atoms with E-state index in [0.717, 1.165) is 32.1 Å². The standard InChI is InChI=1S/C19H30N2O2/c1-14-4-7-17(15(2)12-14)10-11-20-19(23)21(3)18-8-5-16(13-22)6-9-18/h4,7,12,16,18,22H,5-6,8-11,13H2,1-3H3,(H,20,23). The summed E-state index contributed by atoms with van der Waals surface area (Å²) in [5, 5.41) is 12.2. The minimum atomic E-state index is 0.0159. The highest BCUT2D eigenvalue weighted by Crippen LogP contribution is 2.26. The number of nitrogens with zero attached hydrogens (tertiary/aromatic N) is 1. The molecular formula is C19H30N2O2. The molecule has 0 radical (unpaired) electrons. The van der Waals surface area contributed by atoms with Crippen molar-refractivity contribution in [2.24, 2.45) is 5.92 Å². The first-order chi connectivity index (χ1) is 11.0. The van der Waals surface area contributed by atoms with E-state index in [1.54, 1.807) is 0 Å². The summed E-state index contributed by atoms with van der Waals surface area (Å²) in [6.07, 6.45) is 4.88. The number of hydrogen-bond donors (Lipinski definition) is 2. The lowest BCUT2D eigenvalue weighted by molar-refractivity contribution is 0.134. The molecule has 1 fully saturated rings. The molecule has 0 unspecified atom stereocenters. The Labute approximate surface area is 139 Å². The molecule has 0 aromatic heterocycles. The second kappa shape index (κ2) is 8.34. The second-order valence-corrected chi connectivity index (χ2v) is 6.88. The van der Waals surface area contributed by atoms with Gasteiger partial charge in [0.15, 0.2) is 0 Å². The number of carbonyl (C=O) groups excluding carboxylic acids is 1. The van der Waals surface area contributed by atoms with Crippen LogP contribution in [0.3, 0.4) is 0 Å². The summed E-state index contributed by atoms with van der Waals surface area (Å²) in [7, 11) is 1.89. The van der Waals surface area contributed by atoms with Crippen LogP contribution < -0.4 is 5.32 Å². The SMILES string of the molecule is Cc1ccc(CCNC(=O)N(C)C2CCC(CO)CC2)c(C)c1. The molecule has 23 heavy (non-hydrogen) atoms. The van der Waals surface area contributed by atoms with E-state index in [1.165, 1.54) is 16.7 Å². The molecule has 0 spiro atoms. The Morgan fingerprint density at radius 1 is 1.26 bits per heavy atom. The Kier molecular flexibility index (Phi) is 6.46. The summed E-state index contributed by atoms with van der Waals surface area (Å²) in [4.78, 5) is 14.1. The van der Waals surface area contributed by atoms with Crippen molar-refractivity contribution in [3.63, 3.8) is 0 Å². The van der Waals surface area contributed by atoms with Gasteiger partial charge in [0, 0.05) is 26.2 Å². The van der Waals surface area contributed by atoms with Gasteiger partial charge in [-0.3, -0.25) is 0 Å². The molecule has 1 aliphatic carbocycles. The van der Waals surface area contributed by atoms with Crippen LogP contribution in [0.4, 0.5) is 4.79 Å². The van der Waals surface area contributed by atoms with Crippen molar-refractivity contribution in [3.05, 3.63) is 34.9 Å². The lowest BCUT2D eigenvalue weighted by Gasteiger charge is -2.34. The van der Waals surface area contributed by atoms with Crippen LogP contribution in [-0.2, 0) is 6.42 Å². The summed E-state index contributed by atoms with van der Waals surface area (Å²) in [6.45, 7) is 5.16. The number of aliphatic hydroxyl groups is 1. The first-order valence-electron chi connectivity index (χ1n) is 8.69. The maximum atomic E-state index is 12.3. The third-order valence-corrected chi connectivity index (χ3v) is 5.11. The average molecular weight is 318 g/mol. The zero-order valence-corrected chi connectivity index (χ0v) is 14.6. The predicted molar refractivity (Wildman–Crippen MR) is 93.6 cm³/mol. The zero-order chi connectivity index (χ0) is 16.8. The van der Waals surface area contributed by atoms with Gasteiger partial charge in [0.1, 0.15) is 0 Å². The fourth-order valence-corrected chi connectivity index (χ4v) is 3.44. The van der Waals surface area contributed by atoms with Crippen LogP contribution in [0.5, 0.6) is 0 Å². The third kappa shape index (κ3) is 4.96. The molecule has 1 aromatic rings. The Hall–Kier alpha value is -1.55. The molecule has 1 aromatic carbocycles. The van der Waals surface area contributed by atoms with Gasteiger partial charge in [0.05, 0.1) is 0 Å². The van der Waals surface area contributed by atoms with Crippen molar-refractivity contribution in [1.82, 2.24) is 10.2 Å². The first kappa shape index (κ1) is 17.8. The highest BCUT2D eigenvalue weighted by Gasteiger charge is 2.25. The van der Waals surface area contributed by atoms with E-state index in [0.29, 0.717) is 18.5 Å². The fourth-order valence-electron chi connectivity index (χ4n) is 3.44. The molecule has 0 atom stereocenters. The topological polar surface area (TPSA) is 52.6 Å². The van der Waals surface area contributed by atoms with Crippen molar-refractivity contribution < 1.29 is 9.90 Å². The number of carbonyl (C=O) groups is 1. The lowest BCUT2D eigenvalue weighted by Crippen LogP contribution is -2.45. The Bertz CT molecular complexity index is 522. The number of benzene rings is 1. The van der Waals surface area contributed by atoms with Crippen molar-refractivity contribution in [3.8, 4) is 0 Å². The molecule has 0 aliphatic heterocycles. The monoisotopic (exact) mass is 318 g/mol. The lowest BCUT2D eigenvalue weighted by atomic mass is 9.86. The largest absolute Gasteiger partial charge is 0.396 e. The Morgan fingerprint density at radius 2 is 1.96 bits per heavy atom. The first-order valence-corrected chi connectivity index (χ1v) is 8.69. The van der Waals surface area contributed by atoms with Gasteiger partial charge in [-0.05, 0) is 63.0 Å². The molecule has 4 heteroatoms. The Balaban J connectivity index is 1.76. The number of aryl methyl sites for hydroxylation is 2. The van der Waals surface area contributed by atoms with Crippen LogP contribution >= 0.6 is 0 Å².